The Hall–Kier alpha value is -2.37. The molecule has 0 spiro atoms. The fourth-order valence-electron chi connectivity index (χ4n) is 3.20. The molecule has 2 aromatic carbocycles. The monoisotopic (exact) mass is 402 g/mol. The lowest BCUT2D eigenvalue weighted by Crippen LogP contribution is -2.36. The topological polar surface area (TPSA) is 41.6 Å². The third-order valence-corrected chi connectivity index (χ3v) is 5.08. The number of hydrogen-bond donors (Lipinski definition) is 1. The Balaban J connectivity index is 1.67. The Bertz CT molecular complexity index is 850. The lowest BCUT2D eigenvalue weighted by molar-refractivity contribution is -0.117. The molecule has 1 fully saturated rings. The first-order chi connectivity index (χ1) is 13.6. The van der Waals surface area contributed by atoms with Crippen molar-refractivity contribution in [3.8, 4) is 0 Å². The van der Waals surface area contributed by atoms with Gasteiger partial charge in [-0.05, 0) is 47.9 Å². The number of halogens is 2. The van der Waals surface area contributed by atoms with E-state index in [1.165, 1.54) is 18.2 Å². The maximum atomic E-state index is 13.1. The molecule has 1 unspecified atom stereocenters. The molecule has 0 saturated carbocycles. The third-order valence-electron chi connectivity index (χ3n) is 4.75. The minimum atomic E-state index is -0.405. The predicted molar refractivity (Wildman–Crippen MR) is 111 cm³/mol. The number of benzene rings is 2. The van der Waals surface area contributed by atoms with Crippen molar-refractivity contribution in [2.24, 2.45) is 0 Å². The summed E-state index contributed by atoms with van der Waals surface area (Å²) in [5, 5.41) is 3.30. The van der Waals surface area contributed by atoms with E-state index in [0.717, 1.165) is 44.0 Å². The number of amides is 1. The molecule has 0 aliphatic carbocycles. The molecule has 1 heterocycles. The number of carbonyl (C=O) groups excluding carboxylic acids is 1. The van der Waals surface area contributed by atoms with E-state index >= 15 is 0 Å². The van der Waals surface area contributed by atoms with Crippen molar-refractivity contribution in [2.75, 3.05) is 31.2 Å². The number of nitrogens with one attached hydrogen (secondary N) is 1. The summed E-state index contributed by atoms with van der Waals surface area (Å²) in [6.45, 7) is 5.23. The van der Waals surface area contributed by atoms with Crippen molar-refractivity contribution in [2.45, 2.75) is 19.4 Å². The molecule has 0 radical (unpaired) electrons. The second-order valence-corrected chi connectivity index (χ2v) is 7.07. The Kier molecular flexibility index (Phi) is 7.06. The van der Waals surface area contributed by atoms with Crippen LogP contribution in [0, 0.1) is 5.82 Å². The van der Waals surface area contributed by atoms with Crippen molar-refractivity contribution in [1.82, 2.24) is 5.32 Å². The zero-order valence-corrected chi connectivity index (χ0v) is 16.6. The number of rotatable bonds is 6. The van der Waals surface area contributed by atoms with Gasteiger partial charge in [0.1, 0.15) is 5.82 Å². The maximum Gasteiger partial charge on any atom is 0.244 e. The van der Waals surface area contributed by atoms with E-state index in [9.17, 15) is 9.18 Å². The molecule has 1 aliphatic heterocycles. The fraction of sp³-hybridized carbons (Fsp3) is 0.318. The molecule has 4 nitrogen and oxygen atoms in total. The molecule has 1 aliphatic rings. The van der Waals surface area contributed by atoms with Crippen molar-refractivity contribution in [1.29, 1.82) is 0 Å². The molecular weight excluding hydrogens is 379 g/mol. The van der Waals surface area contributed by atoms with E-state index < -0.39 is 5.82 Å². The number of anilines is 1. The van der Waals surface area contributed by atoms with Gasteiger partial charge in [-0.2, -0.15) is 0 Å². The van der Waals surface area contributed by atoms with Crippen LogP contribution in [0.5, 0.6) is 0 Å². The van der Waals surface area contributed by atoms with Crippen LogP contribution in [0.25, 0.3) is 6.08 Å². The minimum Gasteiger partial charge on any atom is -0.378 e. The van der Waals surface area contributed by atoms with Gasteiger partial charge in [0, 0.05) is 24.9 Å². The summed E-state index contributed by atoms with van der Waals surface area (Å²) in [5.74, 6) is -0.623. The van der Waals surface area contributed by atoms with Crippen LogP contribution in [0.2, 0.25) is 5.02 Å². The van der Waals surface area contributed by atoms with Gasteiger partial charge in [-0.3, -0.25) is 4.79 Å². The fourth-order valence-corrected chi connectivity index (χ4v) is 3.43. The first kappa shape index (κ1) is 20.4. The first-order valence-electron chi connectivity index (χ1n) is 9.43. The Morgan fingerprint density at radius 1 is 1.29 bits per heavy atom. The Morgan fingerprint density at radius 2 is 2.07 bits per heavy atom. The highest BCUT2D eigenvalue weighted by molar-refractivity contribution is 6.32. The summed E-state index contributed by atoms with van der Waals surface area (Å²) < 4.78 is 18.5. The predicted octanol–water partition coefficient (Wildman–Crippen LogP) is 4.60. The van der Waals surface area contributed by atoms with E-state index in [0.29, 0.717) is 5.56 Å². The van der Waals surface area contributed by atoms with Crippen LogP contribution >= 0.6 is 11.6 Å². The second-order valence-electron chi connectivity index (χ2n) is 6.66. The third kappa shape index (κ3) is 5.33. The molecule has 28 heavy (non-hydrogen) atoms. The average molecular weight is 403 g/mol. The summed E-state index contributed by atoms with van der Waals surface area (Å²) in [6.07, 6.45) is 3.78. The largest absolute Gasteiger partial charge is 0.378 e. The molecule has 2 aromatic rings. The van der Waals surface area contributed by atoms with Crippen LogP contribution in [0.15, 0.2) is 48.5 Å². The highest BCUT2D eigenvalue weighted by Gasteiger charge is 2.15. The Morgan fingerprint density at radius 3 is 2.79 bits per heavy atom. The standard InChI is InChI=1S/C22H24ClFN2O2/c1-2-21(17-4-3-5-19(14-17)26-10-12-28-13-11-26)25-22(27)9-7-16-6-8-18(24)15-20(16)23/h3-9,14-15,21H,2,10-13H2,1H3,(H,25,27). The molecule has 0 aromatic heterocycles. The van der Waals surface area contributed by atoms with E-state index in [1.807, 2.05) is 19.1 Å². The summed E-state index contributed by atoms with van der Waals surface area (Å²) in [5.41, 5.74) is 2.80. The van der Waals surface area contributed by atoms with Crippen LogP contribution in [0.1, 0.15) is 30.5 Å². The van der Waals surface area contributed by atoms with Gasteiger partial charge in [-0.1, -0.05) is 36.7 Å². The number of morpholine rings is 1. The van der Waals surface area contributed by atoms with Gasteiger partial charge >= 0.3 is 0 Å². The first-order valence-corrected chi connectivity index (χ1v) is 9.81. The van der Waals surface area contributed by atoms with E-state index in [-0.39, 0.29) is 17.0 Å². The van der Waals surface area contributed by atoms with Crippen molar-refractivity contribution in [3.05, 3.63) is 70.5 Å². The number of ether oxygens (including phenoxy) is 1. The van der Waals surface area contributed by atoms with Crippen molar-refractivity contribution >= 4 is 29.3 Å². The van der Waals surface area contributed by atoms with Crippen LogP contribution in [-0.2, 0) is 9.53 Å². The van der Waals surface area contributed by atoms with Crippen LogP contribution in [-0.4, -0.2) is 32.2 Å². The number of nitrogens with zero attached hydrogens (tertiary/aromatic N) is 1. The number of hydrogen-bond acceptors (Lipinski definition) is 3. The van der Waals surface area contributed by atoms with Crippen LogP contribution in [0.3, 0.4) is 0 Å². The summed E-state index contributed by atoms with van der Waals surface area (Å²) in [7, 11) is 0. The SMILES string of the molecule is CCC(NC(=O)C=Cc1ccc(F)cc1Cl)c1cccc(N2CCOCC2)c1. The highest BCUT2D eigenvalue weighted by atomic mass is 35.5. The highest BCUT2D eigenvalue weighted by Crippen LogP contribution is 2.24. The smallest absolute Gasteiger partial charge is 0.244 e. The average Bonchev–Trinajstić information content (AvgIpc) is 2.72. The lowest BCUT2D eigenvalue weighted by Gasteiger charge is -2.29. The molecule has 0 bridgehead atoms. The molecule has 1 N–H and O–H groups in total. The van der Waals surface area contributed by atoms with Crippen molar-refractivity contribution < 1.29 is 13.9 Å². The van der Waals surface area contributed by atoms with Gasteiger partial charge < -0.3 is 15.0 Å². The van der Waals surface area contributed by atoms with Gasteiger partial charge in [0.15, 0.2) is 0 Å². The molecule has 1 saturated heterocycles. The molecule has 148 valence electrons. The van der Waals surface area contributed by atoms with Crippen LogP contribution < -0.4 is 10.2 Å². The van der Waals surface area contributed by atoms with Gasteiger partial charge in [0.05, 0.1) is 24.3 Å². The van der Waals surface area contributed by atoms with Gasteiger partial charge in [0.2, 0.25) is 5.91 Å². The zero-order valence-electron chi connectivity index (χ0n) is 15.8. The van der Waals surface area contributed by atoms with Gasteiger partial charge in [0.25, 0.3) is 0 Å². The van der Waals surface area contributed by atoms with Gasteiger partial charge in [-0.15, -0.1) is 0 Å². The van der Waals surface area contributed by atoms with Crippen molar-refractivity contribution in [3.63, 3.8) is 0 Å². The molecule has 6 heteroatoms. The summed E-state index contributed by atoms with van der Waals surface area (Å²) in [4.78, 5) is 14.7. The number of carbonyl (C=O) groups is 1. The maximum absolute atomic E-state index is 13.1. The van der Waals surface area contributed by atoms with E-state index in [4.69, 9.17) is 16.3 Å². The molecule has 1 atom stereocenters. The Labute approximate surface area is 169 Å². The van der Waals surface area contributed by atoms with Crippen LogP contribution in [0.4, 0.5) is 10.1 Å². The lowest BCUT2D eigenvalue weighted by atomic mass is 10.0. The van der Waals surface area contributed by atoms with E-state index in [2.05, 4.69) is 22.3 Å². The minimum absolute atomic E-state index is 0.0955. The summed E-state index contributed by atoms with van der Waals surface area (Å²) >= 11 is 6.00. The summed E-state index contributed by atoms with van der Waals surface area (Å²) in [6, 6.07) is 12.2. The molecular formula is C22H24ClFN2O2. The quantitative estimate of drug-likeness (QED) is 0.718. The van der Waals surface area contributed by atoms with E-state index in [1.54, 1.807) is 12.1 Å². The molecule has 1 amide bonds. The second kappa shape index (κ2) is 9.71. The normalized spacial score (nSPS) is 15.6. The molecule has 3 rings (SSSR count). The van der Waals surface area contributed by atoms with Gasteiger partial charge in [-0.25, -0.2) is 4.39 Å². The zero-order chi connectivity index (χ0) is 19.9.